The molecule has 0 heterocycles. The molecular weight excluding hydrogens is 366 g/mol. The molecule has 2 unspecified atom stereocenters. The van der Waals surface area contributed by atoms with Gasteiger partial charge in [0.2, 0.25) is 0 Å². The molecule has 2 atom stereocenters. The number of ether oxygens (including phenoxy) is 1. The lowest BCUT2D eigenvalue weighted by molar-refractivity contribution is 0.0600. The second-order valence-electron chi connectivity index (χ2n) is 6.29. The van der Waals surface area contributed by atoms with Crippen LogP contribution in [0.2, 0.25) is 5.02 Å². The topological polar surface area (TPSA) is 108 Å². The van der Waals surface area contributed by atoms with Gasteiger partial charge in [0.15, 0.2) is 0 Å². The number of anilines is 1. The van der Waals surface area contributed by atoms with Crippen LogP contribution in [0.25, 0.3) is 0 Å². The normalized spacial score (nSPS) is 12.9. The van der Waals surface area contributed by atoms with Gasteiger partial charge < -0.3 is 20.9 Å². The SMILES string of the molecule is COC(=O)c1ccc(CC(C)NCC(O)c2cc(Cl)c(N)c(C#N)c2)cc1. The van der Waals surface area contributed by atoms with Gasteiger partial charge >= 0.3 is 5.97 Å². The highest BCUT2D eigenvalue weighted by Gasteiger charge is 2.14. The summed E-state index contributed by atoms with van der Waals surface area (Å²) in [5.74, 6) is -0.366. The van der Waals surface area contributed by atoms with E-state index in [1.165, 1.54) is 7.11 Å². The van der Waals surface area contributed by atoms with E-state index in [4.69, 9.17) is 22.6 Å². The number of carbonyl (C=O) groups excluding carboxylic acids is 1. The van der Waals surface area contributed by atoms with Crippen molar-refractivity contribution in [1.29, 1.82) is 5.26 Å². The molecule has 2 rings (SSSR count). The highest BCUT2D eigenvalue weighted by molar-refractivity contribution is 6.33. The van der Waals surface area contributed by atoms with E-state index in [2.05, 4.69) is 10.1 Å². The Morgan fingerprint density at radius 2 is 2.04 bits per heavy atom. The van der Waals surface area contributed by atoms with Crippen molar-refractivity contribution in [2.75, 3.05) is 19.4 Å². The van der Waals surface area contributed by atoms with Crippen LogP contribution in [0, 0.1) is 11.3 Å². The van der Waals surface area contributed by atoms with Crippen molar-refractivity contribution < 1.29 is 14.6 Å². The van der Waals surface area contributed by atoms with Crippen LogP contribution in [-0.4, -0.2) is 30.8 Å². The number of nitrogens with zero attached hydrogens (tertiary/aromatic N) is 1. The lowest BCUT2D eigenvalue weighted by Crippen LogP contribution is -2.32. The fourth-order valence-corrected chi connectivity index (χ4v) is 2.90. The number of methoxy groups -OCH3 is 1. The number of hydrogen-bond donors (Lipinski definition) is 3. The first-order chi connectivity index (χ1) is 12.8. The number of carbonyl (C=O) groups is 1. The van der Waals surface area contributed by atoms with Crippen LogP contribution in [0.4, 0.5) is 5.69 Å². The first-order valence-corrected chi connectivity index (χ1v) is 8.81. The molecule has 7 heteroatoms. The molecule has 0 spiro atoms. The number of aliphatic hydroxyl groups excluding tert-OH is 1. The van der Waals surface area contributed by atoms with Crippen molar-refractivity contribution in [1.82, 2.24) is 5.32 Å². The number of benzene rings is 2. The number of aliphatic hydroxyl groups is 1. The van der Waals surface area contributed by atoms with Gasteiger partial charge in [-0.1, -0.05) is 23.7 Å². The Morgan fingerprint density at radius 3 is 2.63 bits per heavy atom. The van der Waals surface area contributed by atoms with E-state index in [0.29, 0.717) is 17.7 Å². The number of nitrogens with two attached hydrogens (primary N) is 1. The molecule has 0 saturated carbocycles. The highest BCUT2D eigenvalue weighted by atomic mass is 35.5. The second-order valence-corrected chi connectivity index (χ2v) is 6.70. The maximum atomic E-state index is 11.5. The van der Waals surface area contributed by atoms with Gasteiger partial charge in [0.05, 0.1) is 35.1 Å². The van der Waals surface area contributed by atoms with Gasteiger partial charge in [0, 0.05) is 12.6 Å². The first kappa shape index (κ1) is 20.7. The Kier molecular flexibility index (Phi) is 7.19. The van der Waals surface area contributed by atoms with Crippen LogP contribution in [0.3, 0.4) is 0 Å². The zero-order valence-corrected chi connectivity index (χ0v) is 16.0. The smallest absolute Gasteiger partial charge is 0.337 e. The number of nitrogen functional groups attached to an aromatic ring is 1. The molecular formula is C20H22ClN3O3. The van der Waals surface area contributed by atoms with Crippen molar-refractivity contribution >= 4 is 23.3 Å². The Bertz CT molecular complexity index is 847. The summed E-state index contributed by atoms with van der Waals surface area (Å²) in [7, 11) is 1.35. The summed E-state index contributed by atoms with van der Waals surface area (Å²) in [6.45, 7) is 2.30. The third-order valence-corrected chi connectivity index (χ3v) is 4.55. The van der Waals surface area contributed by atoms with Gasteiger partial charge in [-0.3, -0.25) is 0 Å². The maximum absolute atomic E-state index is 11.5. The molecule has 6 nitrogen and oxygen atoms in total. The van der Waals surface area contributed by atoms with E-state index in [9.17, 15) is 9.90 Å². The number of nitriles is 1. The van der Waals surface area contributed by atoms with Crippen molar-refractivity contribution in [3.8, 4) is 6.07 Å². The number of hydrogen-bond acceptors (Lipinski definition) is 6. The van der Waals surface area contributed by atoms with Gasteiger partial charge in [-0.15, -0.1) is 0 Å². The Balaban J connectivity index is 1.93. The number of nitrogens with one attached hydrogen (secondary N) is 1. The van der Waals surface area contributed by atoms with Crippen LogP contribution in [0.15, 0.2) is 36.4 Å². The predicted octanol–water partition coefficient (Wildman–Crippen LogP) is 2.83. The van der Waals surface area contributed by atoms with Gasteiger partial charge in [0.1, 0.15) is 6.07 Å². The van der Waals surface area contributed by atoms with Gasteiger partial charge in [0.25, 0.3) is 0 Å². The third kappa shape index (κ3) is 5.44. The minimum Gasteiger partial charge on any atom is -0.465 e. The first-order valence-electron chi connectivity index (χ1n) is 8.43. The predicted molar refractivity (Wildman–Crippen MR) is 104 cm³/mol. The average Bonchev–Trinajstić information content (AvgIpc) is 2.68. The van der Waals surface area contributed by atoms with Crippen LogP contribution in [-0.2, 0) is 11.2 Å². The monoisotopic (exact) mass is 387 g/mol. The third-order valence-electron chi connectivity index (χ3n) is 4.23. The van der Waals surface area contributed by atoms with E-state index in [-0.39, 0.29) is 28.3 Å². The van der Waals surface area contributed by atoms with E-state index in [1.54, 1.807) is 24.3 Å². The lowest BCUT2D eigenvalue weighted by Gasteiger charge is -2.18. The summed E-state index contributed by atoms with van der Waals surface area (Å²) in [5.41, 5.74) is 8.28. The zero-order chi connectivity index (χ0) is 20.0. The molecule has 2 aromatic rings. The minimum atomic E-state index is -0.820. The molecule has 2 aromatic carbocycles. The van der Waals surface area contributed by atoms with Crippen molar-refractivity contribution in [2.45, 2.75) is 25.5 Å². The lowest BCUT2D eigenvalue weighted by atomic mass is 10.0. The molecule has 0 aliphatic heterocycles. The summed E-state index contributed by atoms with van der Waals surface area (Å²) in [6, 6.07) is 12.4. The van der Waals surface area contributed by atoms with Gasteiger partial charge in [-0.05, 0) is 48.7 Å². The van der Waals surface area contributed by atoms with Gasteiger partial charge in [-0.25, -0.2) is 4.79 Å². The number of halogens is 1. The molecule has 0 aliphatic rings. The molecule has 142 valence electrons. The van der Waals surface area contributed by atoms with E-state index >= 15 is 0 Å². The molecule has 0 aliphatic carbocycles. The zero-order valence-electron chi connectivity index (χ0n) is 15.2. The van der Waals surface area contributed by atoms with E-state index < -0.39 is 6.10 Å². The Morgan fingerprint density at radius 1 is 1.37 bits per heavy atom. The summed E-state index contributed by atoms with van der Waals surface area (Å²) in [4.78, 5) is 11.5. The summed E-state index contributed by atoms with van der Waals surface area (Å²) < 4.78 is 4.68. The molecule has 0 saturated heterocycles. The van der Waals surface area contributed by atoms with Crippen LogP contribution >= 0.6 is 11.6 Å². The molecule has 0 radical (unpaired) electrons. The summed E-state index contributed by atoms with van der Waals surface area (Å²) in [5, 5.41) is 23.0. The molecule has 0 aromatic heterocycles. The van der Waals surface area contributed by atoms with Crippen LogP contribution < -0.4 is 11.1 Å². The molecule has 4 N–H and O–H groups in total. The number of rotatable bonds is 7. The Labute approximate surface area is 163 Å². The molecule has 0 amide bonds. The maximum Gasteiger partial charge on any atom is 0.337 e. The standard InChI is InChI=1S/C20H22ClN3O3/c1-12(7-13-3-5-14(6-4-13)20(26)27-2)24-11-18(25)15-8-16(10-22)19(23)17(21)9-15/h3-6,8-9,12,18,24-25H,7,11,23H2,1-2H3. The molecule has 27 heavy (non-hydrogen) atoms. The van der Waals surface area contributed by atoms with Crippen molar-refractivity contribution in [3.05, 3.63) is 63.7 Å². The number of esters is 1. The molecule has 0 bridgehead atoms. The van der Waals surface area contributed by atoms with Crippen LogP contribution in [0.1, 0.15) is 40.1 Å². The van der Waals surface area contributed by atoms with Crippen LogP contribution in [0.5, 0.6) is 0 Å². The molecule has 0 fully saturated rings. The summed E-state index contributed by atoms with van der Waals surface area (Å²) in [6.07, 6.45) is -0.0977. The highest BCUT2D eigenvalue weighted by Crippen LogP contribution is 2.27. The average molecular weight is 388 g/mol. The largest absolute Gasteiger partial charge is 0.465 e. The van der Waals surface area contributed by atoms with Gasteiger partial charge in [-0.2, -0.15) is 5.26 Å². The quantitative estimate of drug-likeness (QED) is 0.498. The second kappa shape index (κ2) is 9.38. The van der Waals surface area contributed by atoms with Crippen molar-refractivity contribution in [2.24, 2.45) is 0 Å². The van der Waals surface area contributed by atoms with Crippen molar-refractivity contribution in [3.63, 3.8) is 0 Å². The minimum absolute atomic E-state index is 0.0864. The fraction of sp³-hybridized carbons (Fsp3) is 0.300. The van der Waals surface area contributed by atoms with E-state index in [0.717, 1.165) is 12.0 Å². The summed E-state index contributed by atoms with van der Waals surface area (Å²) >= 11 is 6.02. The Hall–Kier alpha value is -2.59. The van der Waals surface area contributed by atoms with E-state index in [1.807, 2.05) is 25.1 Å². The fourth-order valence-electron chi connectivity index (χ4n) is 2.67.